The van der Waals surface area contributed by atoms with Gasteiger partial charge in [0.1, 0.15) is 12.1 Å². The van der Waals surface area contributed by atoms with E-state index in [-0.39, 0.29) is 31.8 Å². The van der Waals surface area contributed by atoms with Crippen LogP contribution in [0.15, 0.2) is 4.99 Å². The molecule has 0 aromatic heterocycles. The number of amides is 3. The highest BCUT2D eigenvalue weighted by atomic mass is 16.4. The van der Waals surface area contributed by atoms with Crippen LogP contribution in [0.5, 0.6) is 0 Å². The molecule has 0 saturated heterocycles. The maximum absolute atomic E-state index is 12.8. The Hall–Kier alpha value is -3.46. The summed E-state index contributed by atoms with van der Waals surface area (Å²) < 4.78 is 0. The van der Waals surface area contributed by atoms with Crippen LogP contribution in [0.2, 0.25) is 0 Å². The molecule has 15 heteroatoms. The quantitative estimate of drug-likeness (QED) is 0.0628. The average Bonchev–Trinajstić information content (AvgIpc) is 2.69. The molecule has 0 aliphatic rings. The Kier molecular flexibility index (Phi) is 13.0. The van der Waals surface area contributed by atoms with Crippen molar-refractivity contribution in [3.63, 3.8) is 0 Å². The molecule has 0 radical (unpaired) electrons. The van der Waals surface area contributed by atoms with E-state index in [9.17, 15) is 34.2 Å². The number of guanidine groups is 1. The Morgan fingerprint density at radius 3 is 1.85 bits per heavy atom. The minimum absolute atomic E-state index is 0.0343. The third-order valence-corrected chi connectivity index (χ3v) is 4.32. The molecule has 0 saturated carbocycles. The predicted octanol–water partition coefficient (Wildman–Crippen LogP) is -3.83. The molecule has 0 heterocycles. The number of aliphatic hydroxyl groups is 1. The fourth-order valence-corrected chi connectivity index (χ4v) is 2.53. The van der Waals surface area contributed by atoms with Gasteiger partial charge in [0.2, 0.25) is 17.7 Å². The summed E-state index contributed by atoms with van der Waals surface area (Å²) in [6.45, 7) is 2.63. The summed E-state index contributed by atoms with van der Waals surface area (Å²) in [5.74, 6) is -5.40. The molecule has 188 valence electrons. The number of hydrogen-bond donors (Lipinski definition) is 9. The Balaban J connectivity index is 5.57. The molecule has 0 aliphatic heterocycles. The zero-order chi connectivity index (χ0) is 25.7. The lowest BCUT2D eigenvalue weighted by molar-refractivity contribution is -0.145. The smallest absolute Gasteiger partial charge is 0.328 e. The summed E-state index contributed by atoms with van der Waals surface area (Å²) in [6.07, 6.45) is -2.00. The number of nitrogens with zero attached hydrogens (tertiary/aromatic N) is 1. The van der Waals surface area contributed by atoms with Gasteiger partial charge in [-0.25, -0.2) is 4.79 Å². The minimum Gasteiger partial charge on any atom is -0.481 e. The number of hydrogen-bond acceptors (Lipinski definition) is 8. The molecule has 0 spiro atoms. The summed E-state index contributed by atoms with van der Waals surface area (Å²) in [7, 11) is 0. The predicted molar refractivity (Wildman–Crippen MR) is 116 cm³/mol. The Morgan fingerprint density at radius 1 is 0.879 bits per heavy atom. The van der Waals surface area contributed by atoms with Gasteiger partial charge in [-0.1, -0.05) is 0 Å². The van der Waals surface area contributed by atoms with Crippen LogP contribution in [0.25, 0.3) is 0 Å². The molecule has 5 unspecified atom stereocenters. The van der Waals surface area contributed by atoms with E-state index in [1.54, 1.807) is 0 Å². The largest absolute Gasteiger partial charge is 0.481 e. The van der Waals surface area contributed by atoms with Crippen LogP contribution in [0.1, 0.15) is 39.5 Å². The monoisotopic (exact) mass is 475 g/mol. The van der Waals surface area contributed by atoms with Crippen LogP contribution in [0, 0.1) is 0 Å². The standard InChI is InChI=1S/C18H33N7O8/c1-8(19)14(29)23-11(5-6-12(27)28)15(30)24-10(4-3-7-22-18(20)21)16(31)25-13(9(2)26)17(32)33/h8-11,13,26H,3-7,19H2,1-2H3,(H,23,29)(H,24,30)(H,25,31)(H,27,28)(H,32,33)(H4,20,21,22). The van der Waals surface area contributed by atoms with Crippen LogP contribution < -0.4 is 33.2 Å². The number of nitrogens with one attached hydrogen (secondary N) is 3. The van der Waals surface area contributed by atoms with Crippen molar-refractivity contribution >= 4 is 35.6 Å². The van der Waals surface area contributed by atoms with Gasteiger partial charge in [-0.05, 0) is 33.1 Å². The molecule has 0 fully saturated rings. The van der Waals surface area contributed by atoms with Gasteiger partial charge in [-0.3, -0.25) is 24.2 Å². The summed E-state index contributed by atoms with van der Waals surface area (Å²) in [5.41, 5.74) is 15.9. The van der Waals surface area contributed by atoms with Crippen LogP contribution >= 0.6 is 0 Å². The van der Waals surface area contributed by atoms with E-state index in [2.05, 4.69) is 20.9 Å². The zero-order valence-electron chi connectivity index (χ0n) is 18.5. The van der Waals surface area contributed by atoms with Gasteiger partial charge in [0, 0.05) is 13.0 Å². The van der Waals surface area contributed by atoms with Crippen molar-refractivity contribution < 1.29 is 39.3 Å². The summed E-state index contributed by atoms with van der Waals surface area (Å²) in [4.78, 5) is 63.3. The van der Waals surface area contributed by atoms with Crippen molar-refractivity contribution in [3.8, 4) is 0 Å². The second-order valence-corrected chi connectivity index (χ2v) is 7.36. The SMILES string of the molecule is CC(N)C(=O)NC(CCC(=O)O)C(=O)NC(CCCN=C(N)N)C(=O)NC(C(=O)O)C(C)O. The zero-order valence-corrected chi connectivity index (χ0v) is 18.5. The van der Waals surface area contributed by atoms with Crippen molar-refractivity contribution in [2.75, 3.05) is 6.54 Å². The number of rotatable bonds is 15. The number of nitrogens with two attached hydrogens (primary N) is 3. The summed E-state index contributed by atoms with van der Waals surface area (Å²) in [5, 5.41) is 34.5. The second kappa shape index (κ2) is 14.6. The van der Waals surface area contributed by atoms with Gasteiger partial charge in [0.05, 0.1) is 12.1 Å². The molecule has 12 N–H and O–H groups in total. The first-order valence-electron chi connectivity index (χ1n) is 10.1. The van der Waals surface area contributed by atoms with Crippen LogP contribution in [-0.4, -0.2) is 87.8 Å². The number of aliphatic hydroxyl groups excluding tert-OH is 1. The average molecular weight is 476 g/mol. The van der Waals surface area contributed by atoms with Crippen molar-refractivity contribution in [1.29, 1.82) is 0 Å². The topological polar surface area (TPSA) is 273 Å². The normalized spacial score (nSPS) is 15.2. The van der Waals surface area contributed by atoms with Gasteiger partial charge in [-0.15, -0.1) is 0 Å². The maximum atomic E-state index is 12.8. The summed E-state index contributed by atoms with van der Waals surface area (Å²) in [6, 6.07) is -5.24. The lowest BCUT2D eigenvalue weighted by Crippen LogP contribution is -2.58. The highest BCUT2D eigenvalue weighted by Crippen LogP contribution is 2.05. The van der Waals surface area contributed by atoms with Crippen molar-refractivity contribution in [1.82, 2.24) is 16.0 Å². The van der Waals surface area contributed by atoms with Gasteiger partial charge >= 0.3 is 11.9 Å². The number of aliphatic imine (C=N–C) groups is 1. The van der Waals surface area contributed by atoms with E-state index >= 15 is 0 Å². The summed E-state index contributed by atoms with van der Waals surface area (Å²) >= 11 is 0. The first-order valence-corrected chi connectivity index (χ1v) is 10.1. The molecular formula is C18H33N7O8. The van der Waals surface area contributed by atoms with E-state index < -0.39 is 66.4 Å². The molecule has 3 amide bonds. The second-order valence-electron chi connectivity index (χ2n) is 7.36. The Labute approximate surface area is 190 Å². The van der Waals surface area contributed by atoms with Crippen LogP contribution in [0.3, 0.4) is 0 Å². The number of carbonyl (C=O) groups excluding carboxylic acids is 3. The van der Waals surface area contributed by atoms with Gasteiger partial charge in [0.15, 0.2) is 12.0 Å². The number of carboxylic acid groups (broad SMARTS) is 2. The number of carbonyl (C=O) groups is 5. The van der Waals surface area contributed by atoms with Gasteiger partial charge < -0.3 is 48.5 Å². The molecule has 0 aromatic rings. The molecule has 0 aromatic carbocycles. The molecule has 33 heavy (non-hydrogen) atoms. The minimum atomic E-state index is -1.64. The number of aliphatic carboxylic acids is 2. The van der Waals surface area contributed by atoms with E-state index in [4.69, 9.17) is 22.3 Å². The third-order valence-electron chi connectivity index (χ3n) is 4.32. The highest BCUT2D eigenvalue weighted by molar-refractivity contribution is 5.94. The van der Waals surface area contributed by atoms with E-state index in [0.29, 0.717) is 0 Å². The first kappa shape index (κ1) is 29.5. The Bertz CT molecular complexity index is 737. The van der Waals surface area contributed by atoms with Crippen molar-refractivity contribution in [3.05, 3.63) is 0 Å². The molecule has 5 atom stereocenters. The highest BCUT2D eigenvalue weighted by Gasteiger charge is 2.31. The van der Waals surface area contributed by atoms with E-state index in [1.165, 1.54) is 6.92 Å². The van der Waals surface area contributed by atoms with Crippen molar-refractivity contribution in [2.45, 2.75) is 69.8 Å². The molecular weight excluding hydrogens is 442 g/mol. The maximum Gasteiger partial charge on any atom is 0.328 e. The molecule has 0 aliphatic carbocycles. The third kappa shape index (κ3) is 12.2. The van der Waals surface area contributed by atoms with Gasteiger partial charge in [-0.2, -0.15) is 0 Å². The fraction of sp³-hybridized carbons (Fsp3) is 0.667. The van der Waals surface area contributed by atoms with E-state index in [1.807, 2.05) is 0 Å². The van der Waals surface area contributed by atoms with Crippen molar-refractivity contribution in [2.24, 2.45) is 22.2 Å². The molecule has 0 bridgehead atoms. The first-order chi connectivity index (χ1) is 15.3. The lowest BCUT2D eigenvalue weighted by atomic mass is 10.1. The van der Waals surface area contributed by atoms with Crippen LogP contribution in [0.4, 0.5) is 0 Å². The van der Waals surface area contributed by atoms with Crippen LogP contribution in [-0.2, 0) is 24.0 Å². The van der Waals surface area contributed by atoms with Gasteiger partial charge in [0.25, 0.3) is 0 Å². The molecule has 15 nitrogen and oxygen atoms in total. The lowest BCUT2D eigenvalue weighted by Gasteiger charge is -2.25. The Morgan fingerprint density at radius 2 is 1.39 bits per heavy atom. The molecule has 0 rings (SSSR count). The number of carboxylic acids is 2. The fourth-order valence-electron chi connectivity index (χ4n) is 2.53. The van der Waals surface area contributed by atoms with E-state index in [0.717, 1.165) is 6.92 Å².